The molecular weight excluding hydrogens is 384 g/mol. The zero-order chi connectivity index (χ0) is 18.4. The molecule has 0 radical (unpaired) electrons. The molecular formula is C19H21BrN2O3. The van der Waals surface area contributed by atoms with Crippen LogP contribution in [0.3, 0.4) is 0 Å². The quantitative estimate of drug-likeness (QED) is 0.746. The van der Waals surface area contributed by atoms with Gasteiger partial charge in [-0.25, -0.2) is 0 Å². The Balaban J connectivity index is 1.81. The van der Waals surface area contributed by atoms with Crippen molar-refractivity contribution in [2.24, 2.45) is 0 Å². The molecule has 0 aliphatic heterocycles. The van der Waals surface area contributed by atoms with Crippen molar-refractivity contribution in [3.8, 4) is 5.75 Å². The van der Waals surface area contributed by atoms with Gasteiger partial charge in [0.1, 0.15) is 5.75 Å². The number of amides is 2. The molecule has 25 heavy (non-hydrogen) atoms. The fraction of sp³-hybridized carbons (Fsp3) is 0.263. The van der Waals surface area contributed by atoms with Crippen LogP contribution in [0.5, 0.6) is 5.75 Å². The second kappa shape index (κ2) is 8.67. The summed E-state index contributed by atoms with van der Waals surface area (Å²) in [5.74, 6) is 0.211. The van der Waals surface area contributed by atoms with Gasteiger partial charge in [0, 0.05) is 10.0 Å². The maximum absolute atomic E-state index is 12.0. The summed E-state index contributed by atoms with van der Waals surface area (Å²) in [6.45, 7) is 5.88. The van der Waals surface area contributed by atoms with Gasteiger partial charge in [-0.15, -0.1) is 0 Å². The van der Waals surface area contributed by atoms with E-state index >= 15 is 0 Å². The maximum Gasteiger partial charge on any atom is 0.276 e. The summed E-state index contributed by atoms with van der Waals surface area (Å²) in [5, 5.41) is 0. The maximum atomic E-state index is 12.0. The van der Waals surface area contributed by atoms with Crippen LogP contribution in [0.15, 0.2) is 46.9 Å². The van der Waals surface area contributed by atoms with Gasteiger partial charge in [-0.3, -0.25) is 20.4 Å². The highest BCUT2D eigenvalue weighted by molar-refractivity contribution is 9.10. The van der Waals surface area contributed by atoms with E-state index in [-0.39, 0.29) is 12.5 Å². The average Bonchev–Trinajstić information content (AvgIpc) is 2.59. The predicted octanol–water partition coefficient (Wildman–Crippen LogP) is 3.72. The minimum atomic E-state index is -0.436. The summed E-state index contributed by atoms with van der Waals surface area (Å²) in [6, 6.07) is 12.8. The van der Waals surface area contributed by atoms with E-state index in [1.165, 1.54) is 0 Å². The Morgan fingerprint density at radius 2 is 1.76 bits per heavy atom. The number of ether oxygens (including phenoxy) is 1. The lowest BCUT2D eigenvalue weighted by Gasteiger charge is -2.11. The molecule has 2 aromatic carbocycles. The van der Waals surface area contributed by atoms with Gasteiger partial charge >= 0.3 is 0 Å². The van der Waals surface area contributed by atoms with Crippen molar-refractivity contribution in [2.75, 3.05) is 6.61 Å². The number of halogens is 1. The van der Waals surface area contributed by atoms with Gasteiger partial charge in [-0.1, -0.05) is 41.9 Å². The van der Waals surface area contributed by atoms with Crippen molar-refractivity contribution in [2.45, 2.75) is 26.7 Å². The Hall–Kier alpha value is -2.34. The highest BCUT2D eigenvalue weighted by Gasteiger charge is 2.09. The first kappa shape index (κ1) is 19.0. The summed E-state index contributed by atoms with van der Waals surface area (Å²) in [6.07, 6.45) is 0. The van der Waals surface area contributed by atoms with Gasteiger partial charge in [0.2, 0.25) is 0 Å². The van der Waals surface area contributed by atoms with Gasteiger partial charge in [0.25, 0.3) is 11.8 Å². The number of benzene rings is 2. The minimum absolute atomic E-state index is 0.185. The second-order valence-corrected chi connectivity index (χ2v) is 6.89. The Morgan fingerprint density at radius 3 is 2.36 bits per heavy atom. The summed E-state index contributed by atoms with van der Waals surface area (Å²) in [5.41, 5.74) is 7.27. The summed E-state index contributed by atoms with van der Waals surface area (Å²) < 4.78 is 6.39. The number of hydrazine groups is 1. The third-order valence-corrected chi connectivity index (χ3v) is 4.14. The molecule has 0 heterocycles. The van der Waals surface area contributed by atoms with Crippen LogP contribution >= 0.6 is 15.9 Å². The number of aryl methyl sites for hydroxylation is 1. The van der Waals surface area contributed by atoms with Gasteiger partial charge in [0.15, 0.2) is 6.61 Å². The first-order chi connectivity index (χ1) is 11.9. The molecule has 132 valence electrons. The Bertz CT molecular complexity index is 758. The standard InChI is InChI=1S/C19H21BrN2O3/c1-12(2)14-4-6-15(7-5-14)19(24)22-21-18(23)11-25-17-9-8-16(20)10-13(17)3/h4-10,12H,11H2,1-3H3,(H,21,23)(H,22,24). The van der Waals surface area contributed by atoms with Crippen LogP contribution in [-0.4, -0.2) is 18.4 Å². The van der Waals surface area contributed by atoms with Crippen LogP contribution in [0.4, 0.5) is 0 Å². The van der Waals surface area contributed by atoms with E-state index in [2.05, 4.69) is 40.6 Å². The molecule has 0 unspecified atom stereocenters. The monoisotopic (exact) mass is 404 g/mol. The van der Waals surface area contributed by atoms with Crippen LogP contribution in [0, 0.1) is 6.92 Å². The van der Waals surface area contributed by atoms with Gasteiger partial charge in [0.05, 0.1) is 0 Å². The largest absolute Gasteiger partial charge is 0.483 e. The zero-order valence-electron chi connectivity index (χ0n) is 14.4. The van der Waals surface area contributed by atoms with Crippen molar-refractivity contribution >= 4 is 27.7 Å². The number of hydrogen-bond acceptors (Lipinski definition) is 3. The lowest BCUT2D eigenvalue weighted by atomic mass is 10.0. The predicted molar refractivity (Wildman–Crippen MR) is 101 cm³/mol. The van der Waals surface area contributed by atoms with Crippen LogP contribution < -0.4 is 15.6 Å². The van der Waals surface area contributed by atoms with Crippen molar-refractivity contribution in [3.63, 3.8) is 0 Å². The van der Waals surface area contributed by atoms with Crippen LogP contribution in [0.2, 0.25) is 0 Å². The lowest BCUT2D eigenvalue weighted by molar-refractivity contribution is -0.123. The number of carbonyl (C=O) groups is 2. The molecule has 0 atom stereocenters. The SMILES string of the molecule is Cc1cc(Br)ccc1OCC(=O)NNC(=O)c1ccc(C(C)C)cc1. The third kappa shape index (κ3) is 5.60. The van der Waals surface area contributed by atoms with Crippen molar-refractivity contribution in [1.29, 1.82) is 0 Å². The second-order valence-electron chi connectivity index (χ2n) is 5.98. The topological polar surface area (TPSA) is 67.4 Å². The molecule has 2 N–H and O–H groups in total. The molecule has 2 aromatic rings. The first-order valence-corrected chi connectivity index (χ1v) is 8.74. The van der Waals surface area contributed by atoms with Crippen LogP contribution in [0.25, 0.3) is 0 Å². The fourth-order valence-electron chi connectivity index (χ4n) is 2.17. The molecule has 6 heteroatoms. The zero-order valence-corrected chi connectivity index (χ0v) is 16.0. The summed E-state index contributed by atoms with van der Waals surface area (Å²) in [7, 11) is 0. The van der Waals surface area contributed by atoms with Crippen LogP contribution in [0.1, 0.15) is 41.3 Å². The number of hydrogen-bond donors (Lipinski definition) is 2. The van der Waals surface area contributed by atoms with Gasteiger partial charge in [-0.2, -0.15) is 0 Å². The highest BCUT2D eigenvalue weighted by atomic mass is 79.9. The molecule has 0 saturated carbocycles. The summed E-state index contributed by atoms with van der Waals surface area (Å²) >= 11 is 3.37. The van der Waals surface area contributed by atoms with Crippen LogP contribution in [-0.2, 0) is 4.79 Å². The van der Waals surface area contributed by atoms with Gasteiger partial charge in [-0.05, 0) is 54.3 Å². The molecule has 0 saturated heterocycles. The molecule has 0 spiro atoms. The van der Waals surface area contributed by atoms with E-state index in [1.807, 2.05) is 31.2 Å². The van der Waals surface area contributed by atoms with E-state index in [1.54, 1.807) is 18.2 Å². The molecule has 0 aliphatic carbocycles. The van der Waals surface area contributed by atoms with Crippen molar-refractivity contribution in [1.82, 2.24) is 10.9 Å². The smallest absolute Gasteiger partial charge is 0.276 e. The summed E-state index contributed by atoms with van der Waals surface area (Å²) in [4.78, 5) is 23.8. The average molecular weight is 405 g/mol. The molecule has 0 fully saturated rings. The highest BCUT2D eigenvalue weighted by Crippen LogP contribution is 2.21. The Kier molecular flexibility index (Phi) is 6.58. The molecule has 0 aromatic heterocycles. The molecule has 2 amide bonds. The molecule has 0 aliphatic rings. The third-order valence-electron chi connectivity index (χ3n) is 3.65. The number of rotatable bonds is 5. The van der Waals surface area contributed by atoms with E-state index < -0.39 is 5.91 Å². The normalized spacial score (nSPS) is 10.4. The van der Waals surface area contributed by atoms with Crippen molar-refractivity contribution < 1.29 is 14.3 Å². The van der Waals surface area contributed by atoms with E-state index in [4.69, 9.17) is 4.74 Å². The Labute approximate surface area is 155 Å². The van der Waals surface area contributed by atoms with Crippen molar-refractivity contribution in [3.05, 3.63) is 63.6 Å². The fourth-order valence-corrected chi connectivity index (χ4v) is 2.65. The van der Waals surface area contributed by atoms with Gasteiger partial charge < -0.3 is 4.74 Å². The first-order valence-electron chi connectivity index (χ1n) is 7.95. The lowest BCUT2D eigenvalue weighted by Crippen LogP contribution is -2.43. The number of nitrogens with one attached hydrogen (secondary N) is 2. The minimum Gasteiger partial charge on any atom is -0.483 e. The molecule has 0 bridgehead atoms. The van der Waals surface area contributed by atoms with E-state index in [9.17, 15) is 9.59 Å². The molecule has 2 rings (SSSR count). The number of carbonyl (C=O) groups excluding carboxylic acids is 2. The Morgan fingerprint density at radius 1 is 1.08 bits per heavy atom. The van der Waals surface area contributed by atoms with E-state index in [0.717, 1.165) is 15.6 Å². The van der Waals surface area contributed by atoms with E-state index in [0.29, 0.717) is 17.2 Å². The molecule has 5 nitrogen and oxygen atoms in total.